The predicted molar refractivity (Wildman–Crippen MR) is 61.0 cm³/mol. The molecule has 0 aliphatic heterocycles. The SMILES string of the molecule is CNC(c1ccco1)c1c(F)cccc1Cl. The van der Waals surface area contributed by atoms with Gasteiger partial charge in [-0.1, -0.05) is 17.7 Å². The highest BCUT2D eigenvalue weighted by Crippen LogP contribution is 2.30. The molecule has 1 unspecified atom stereocenters. The fourth-order valence-corrected chi connectivity index (χ4v) is 1.94. The van der Waals surface area contributed by atoms with Crippen LogP contribution in [0, 0.1) is 5.82 Å². The van der Waals surface area contributed by atoms with Crippen molar-refractivity contribution in [2.75, 3.05) is 7.05 Å². The van der Waals surface area contributed by atoms with E-state index in [2.05, 4.69) is 5.32 Å². The Morgan fingerprint density at radius 2 is 2.12 bits per heavy atom. The molecular formula is C12H11ClFNO. The third-order valence-electron chi connectivity index (χ3n) is 2.40. The summed E-state index contributed by atoms with van der Waals surface area (Å²) in [4.78, 5) is 0. The smallest absolute Gasteiger partial charge is 0.129 e. The molecule has 0 aliphatic rings. The molecule has 4 heteroatoms. The molecule has 1 aromatic heterocycles. The molecule has 1 atom stereocenters. The van der Waals surface area contributed by atoms with Crippen molar-refractivity contribution < 1.29 is 8.81 Å². The van der Waals surface area contributed by atoms with E-state index >= 15 is 0 Å². The molecule has 0 saturated carbocycles. The monoisotopic (exact) mass is 239 g/mol. The number of hydrogen-bond donors (Lipinski definition) is 1. The van der Waals surface area contributed by atoms with Gasteiger partial charge < -0.3 is 9.73 Å². The molecule has 1 N–H and O–H groups in total. The van der Waals surface area contributed by atoms with Crippen LogP contribution in [0.3, 0.4) is 0 Å². The summed E-state index contributed by atoms with van der Waals surface area (Å²) < 4.78 is 19.0. The number of halogens is 2. The Morgan fingerprint density at radius 1 is 1.31 bits per heavy atom. The van der Waals surface area contributed by atoms with Crippen LogP contribution in [-0.2, 0) is 0 Å². The summed E-state index contributed by atoms with van der Waals surface area (Å²) in [5, 5.41) is 3.37. The molecule has 0 fully saturated rings. The molecule has 1 aromatic carbocycles. The van der Waals surface area contributed by atoms with Crippen LogP contribution in [0.1, 0.15) is 17.4 Å². The lowest BCUT2D eigenvalue weighted by molar-refractivity contribution is 0.453. The summed E-state index contributed by atoms with van der Waals surface area (Å²) in [6, 6.07) is 7.79. The van der Waals surface area contributed by atoms with Crippen LogP contribution in [0.2, 0.25) is 5.02 Å². The molecular weight excluding hydrogens is 229 g/mol. The summed E-state index contributed by atoms with van der Waals surface area (Å²) in [6.45, 7) is 0. The van der Waals surface area contributed by atoms with Crippen molar-refractivity contribution in [2.45, 2.75) is 6.04 Å². The Bertz CT molecular complexity index is 450. The zero-order valence-electron chi connectivity index (χ0n) is 8.71. The first-order valence-electron chi connectivity index (χ1n) is 4.88. The first-order chi connectivity index (χ1) is 7.74. The Kier molecular flexibility index (Phi) is 3.27. The van der Waals surface area contributed by atoms with Gasteiger partial charge in [0.05, 0.1) is 12.3 Å². The number of furan rings is 1. The zero-order valence-corrected chi connectivity index (χ0v) is 9.46. The van der Waals surface area contributed by atoms with E-state index < -0.39 is 0 Å². The zero-order chi connectivity index (χ0) is 11.5. The molecule has 1 heterocycles. The lowest BCUT2D eigenvalue weighted by Crippen LogP contribution is -2.18. The molecule has 2 nitrogen and oxygen atoms in total. The standard InChI is InChI=1S/C12H11ClFNO/c1-15-12(10-6-3-7-16-10)11-8(13)4-2-5-9(11)14/h2-7,12,15H,1H3. The van der Waals surface area contributed by atoms with Gasteiger partial charge >= 0.3 is 0 Å². The fourth-order valence-electron chi connectivity index (χ4n) is 1.67. The number of hydrogen-bond acceptors (Lipinski definition) is 2. The molecule has 0 spiro atoms. The molecule has 16 heavy (non-hydrogen) atoms. The van der Waals surface area contributed by atoms with Gasteiger partial charge in [0.1, 0.15) is 11.6 Å². The van der Waals surface area contributed by atoms with Crippen LogP contribution < -0.4 is 5.32 Å². The van der Waals surface area contributed by atoms with E-state index in [9.17, 15) is 4.39 Å². The second-order valence-electron chi connectivity index (χ2n) is 3.37. The Morgan fingerprint density at radius 3 is 2.69 bits per heavy atom. The molecule has 0 radical (unpaired) electrons. The summed E-state index contributed by atoms with van der Waals surface area (Å²) in [5.74, 6) is 0.290. The van der Waals surface area contributed by atoms with Crippen molar-refractivity contribution in [3.63, 3.8) is 0 Å². The third-order valence-corrected chi connectivity index (χ3v) is 2.73. The normalized spacial score (nSPS) is 12.7. The maximum atomic E-state index is 13.7. The minimum Gasteiger partial charge on any atom is -0.467 e. The van der Waals surface area contributed by atoms with Crippen molar-refractivity contribution in [1.29, 1.82) is 0 Å². The number of rotatable bonds is 3. The summed E-state index contributed by atoms with van der Waals surface area (Å²) in [7, 11) is 1.73. The van der Waals surface area contributed by atoms with Crippen molar-refractivity contribution in [1.82, 2.24) is 5.32 Å². The Hall–Kier alpha value is -1.32. The van der Waals surface area contributed by atoms with Crippen LogP contribution in [-0.4, -0.2) is 7.05 Å². The van der Waals surface area contributed by atoms with E-state index in [0.717, 1.165) is 0 Å². The summed E-state index contributed by atoms with van der Waals surface area (Å²) in [6.07, 6.45) is 1.55. The number of benzene rings is 1. The van der Waals surface area contributed by atoms with Crippen LogP contribution in [0.4, 0.5) is 4.39 Å². The maximum absolute atomic E-state index is 13.7. The number of nitrogens with one attached hydrogen (secondary N) is 1. The lowest BCUT2D eigenvalue weighted by atomic mass is 10.0. The van der Waals surface area contributed by atoms with Gasteiger partial charge in [-0.3, -0.25) is 0 Å². The van der Waals surface area contributed by atoms with Crippen LogP contribution in [0.5, 0.6) is 0 Å². The van der Waals surface area contributed by atoms with Gasteiger partial charge in [0.25, 0.3) is 0 Å². The largest absolute Gasteiger partial charge is 0.467 e. The minimum absolute atomic E-state index is 0.344. The Balaban J connectivity index is 2.49. The predicted octanol–water partition coefficient (Wildman–Crippen LogP) is 3.38. The molecule has 0 bridgehead atoms. The van der Waals surface area contributed by atoms with Gasteiger partial charge in [0.2, 0.25) is 0 Å². The van der Waals surface area contributed by atoms with Crippen molar-refractivity contribution >= 4 is 11.6 Å². The highest BCUT2D eigenvalue weighted by Gasteiger charge is 2.21. The van der Waals surface area contributed by atoms with E-state index in [4.69, 9.17) is 16.0 Å². The Labute approximate surface area is 98.0 Å². The maximum Gasteiger partial charge on any atom is 0.129 e. The van der Waals surface area contributed by atoms with E-state index in [0.29, 0.717) is 16.3 Å². The second-order valence-corrected chi connectivity index (χ2v) is 3.78. The highest BCUT2D eigenvalue weighted by atomic mass is 35.5. The van der Waals surface area contributed by atoms with Gasteiger partial charge in [-0.05, 0) is 31.3 Å². The topological polar surface area (TPSA) is 25.2 Å². The van der Waals surface area contributed by atoms with E-state index in [1.54, 1.807) is 37.6 Å². The molecule has 0 amide bonds. The lowest BCUT2D eigenvalue weighted by Gasteiger charge is -2.16. The van der Waals surface area contributed by atoms with Gasteiger partial charge in [0, 0.05) is 10.6 Å². The van der Waals surface area contributed by atoms with Crippen molar-refractivity contribution in [3.05, 3.63) is 58.8 Å². The van der Waals surface area contributed by atoms with Crippen molar-refractivity contribution in [2.24, 2.45) is 0 Å². The molecule has 0 saturated heterocycles. The van der Waals surface area contributed by atoms with Gasteiger partial charge in [0.15, 0.2) is 0 Å². The summed E-state index contributed by atoms with van der Waals surface area (Å²) >= 11 is 6.00. The first-order valence-corrected chi connectivity index (χ1v) is 5.26. The molecule has 0 aliphatic carbocycles. The fraction of sp³-hybridized carbons (Fsp3) is 0.167. The minimum atomic E-state index is -0.372. The second kappa shape index (κ2) is 4.68. The average Bonchev–Trinajstić information content (AvgIpc) is 2.77. The van der Waals surface area contributed by atoms with Crippen molar-refractivity contribution in [3.8, 4) is 0 Å². The van der Waals surface area contributed by atoms with Crippen LogP contribution in [0.15, 0.2) is 41.0 Å². The van der Waals surface area contributed by atoms with Crippen LogP contribution >= 0.6 is 11.6 Å². The van der Waals surface area contributed by atoms with E-state index in [1.165, 1.54) is 6.07 Å². The van der Waals surface area contributed by atoms with E-state index in [1.807, 2.05) is 0 Å². The van der Waals surface area contributed by atoms with Gasteiger partial charge in [-0.25, -0.2) is 4.39 Å². The molecule has 84 valence electrons. The van der Waals surface area contributed by atoms with Crippen LogP contribution in [0.25, 0.3) is 0 Å². The van der Waals surface area contributed by atoms with E-state index in [-0.39, 0.29) is 11.9 Å². The third kappa shape index (κ3) is 1.96. The highest BCUT2D eigenvalue weighted by molar-refractivity contribution is 6.31. The van der Waals surface area contributed by atoms with Gasteiger partial charge in [-0.2, -0.15) is 0 Å². The average molecular weight is 240 g/mol. The molecule has 2 aromatic rings. The van der Waals surface area contributed by atoms with Gasteiger partial charge in [-0.15, -0.1) is 0 Å². The first kappa shape index (κ1) is 11.2. The quantitative estimate of drug-likeness (QED) is 0.888. The summed E-state index contributed by atoms with van der Waals surface area (Å²) in [5.41, 5.74) is 0.404. The molecule has 2 rings (SSSR count).